The summed E-state index contributed by atoms with van der Waals surface area (Å²) < 4.78 is 42.3. The van der Waals surface area contributed by atoms with E-state index in [1.807, 2.05) is 41.9 Å². The zero-order chi connectivity index (χ0) is 16.6. The van der Waals surface area contributed by atoms with Crippen LogP contribution in [0.1, 0.15) is 12.1 Å². The molecule has 1 aromatic heterocycles. The quantitative estimate of drug-likeness (QED) is 0.475. The van der Waals surface area contributed by atoms with Crippen LogP contribution in [-0.2, 0) is 18.3 Å². The monoisotopic (exact) mass is 320 g/mol. The van der Waals surface area contributed by atoms with E-state index in [9.17, 15) is 13.2 Å². The Balaban J connectivity index is 2.26. The molecule has 0 radical (unpaired) electrons. The SMILES string of the molecule is CN=C(NCCCOCC(F)(F)F)N(C)Cc1cccn1C. The average molecular weight is 320 g/mol. The Morgan fingerprint density at radius 1 is 1.45 bits per heavy atom. The molecular formula is C14H23F3N4O. The highest BCUT2D eigenvalue weighted by molar-refractivity contribution is 5.79. The van der Waals surface area contributed by atoms with Gasteiger partial charge in [0.2, 0.25) is 0 Å². The van der Waals surface area contributed by atoms with Crippen molar-refractivity contribution in [2.45, 2.75) is 19.1 Å². The summed E-state index contributed by atoms with van der Waals surface area (Å²) in [6.07, 6.45) is -1.82. The number of aryl methyl sites for hydroxylation is 1. The van der Waals surface area contributed by atoms with Gasteiger partial charge in [0, 0.05) is 46.2 Å². The van der Waals surface area contributed by atoms with Crippen LogP contribution in [0.2, 0.25) is 0 Å². The first-order valence-corrected chi connectivity index (χ1v) is 7.00. The minimum Gasteiger partial charge on any atom is -0.372 e. The van der Waals surface area contributed by atoms with Crippen molar-refractivity contribution in [2.75, 3.05) is 33.9 Å². The maximum absolute atomic E-state index is 11.9. The van der Waals surface area contributed by atoms with Crippen LogP contribution >= 0.6 is 0 Å². The number of rotatable bonds is 7. The Kier molecular flexibility index (Phi) is 7.23. The smallest absolute Gasteiger partial charge is 0.372 e. The summed E-state index contributed by atoms with van der Waals surface area (Å²) in [5.41, 5.74) is 1.14. The number of alkyl halides is 3. The highest BCUT2D eigenvalue weighted by Crippen LogP contribution is 2.14. The lowest BCUT2D eigenvalue weighted by molar-refractivity contribution is -0.173. The van der Waals surface area contributed by atoms with Gasteiger partial charge in [0.05, 0.1) is 6.54 Å². The number of halogens is 3. The molecule has 0 saturated carbocycles. The predicted octanol–water partition coefficient (Wildman–Crippen LogP) is 2.00. The van der Waals surface area contributed by atoms with Crippen molar-refractivity contribution in [1.82, 2.24) is 14.8 Å². The van der Waals surface area contributed by atoms with Crippen LogP contribution in [0.25, 0.3) is 0 Å². The number of aliphatic imine (C=N–C) groups is 1. The van der Waals surface area contributed by atoms with Gasteiger partial charge in [-0.15, -0.1) is 0 Å². The minimum absolute atomic E-state index is 0.0605. The van der Waals surface area contributed by atoms with E-state index in [0.717, 1.165) is 5.69 Å². The largest absolute Gasteiger partial charge is 0.411 e. The summed E-state index contributed by atoms with van der Waals surface area (Å²) in [5, 5.41) is 3.10. The first-order chi connectivity index (χ1) is 10.3. The molecule has 0 amide bonds. The molecule has 0 unspecified atom stereocenters. The Bertz CT molecular complexity index is 471. The standard InChI is InChI=1S/C14H23F3N4O/c1-18-13(19-7-5-9-22-11-14(15,16)17)21(3)10-12-6-4-8-20(12)2/h4,6,8H,5,7,9-11H2,1-3H3,(H,18,19). The molecule has 0 aliphatic carbocycles. The molecule has 0 fully saturated rings. The Morgan fingerprint density at radius 2 is 2.18 bits per heavy atom. The van der Waals surface area contributed by atoms with E-state index in [1.165, 1.54) is 0 Å². The molecular weight excluding hydrogens is 297 g/mol. The van der Waals surface area contributed by atoms with Gasteiger partial charge in [-0.3, -0.25) is 4.99 Å². The highest BCUT2D eigenvalue weighted by atomic mass is 19.4. The number of nitrogens with one attached hydrogen (secondary N) is 1. The van der Waals surface area contributed by atoms with Crippen molar-refractivity contribution in [3.63, 3.8) is 0 Å². The fourth-order valence-electron chi connectivity index (χ4n) is 1.93. The van der Waals surface area contributed by atoms with Crippen molar-refractivity contribution in [3.8, 4) is 0 Å². The number of aromatic nitrogens is 1. The van der Waals surface area contributed by atoms with E-state index in [1.54, 1.807) is 7.05 Å². The number of hydrogen-bond acceptors (Lipinski definition) is 2. The van der Waals surface area contributed by atoms with Crippen LogP contribution in [0.3, 0.4) is 0 Å². The van der Waals surface area contributed by atoms with Gasteiger partial charge < -0.3 is 19.5 Å². The molecule has 1 aromatic rings. The lowest BCUT2D eigenvalue weighted by Crippen LogP contribution is -2.39. The van der Waals surface area contributed by atoms with Crippen LogP contribution < -0.4 is 5.32 Å². The molecule has 1 N–H and O–H groups in total. The lowest BCUT2D eigenvalue weighted by Gasteiger charge is -2.22. The number of nitrogens with zero attached hydrogens (tertiary/aromatic N) is 3. The van der Waals surface area contributed by atoms with Crippen LogP contribution in [-0.4, -0.2) is 55.5 Å². The van der Waals surface area contributed by atoms with Gasteiger partial charge >= 0.3 is 6.18 Å². The first kappa shape index (κ1) is 18.3. The van der Waals surface area contributed by atoms with Gasteiger partial charge in [-0.05, 0) is 18.6 Å². The van der Waals surface area contributed by atoms with Gasteiger partial charge in [0.15, 0.2) is 5.96 Å². The van der Waals surface area contributed by atoms with Gasteiger partial charge in [-0.2, -0.15) is 13.2 Å². The molecule has 0 saturated heterocycles. The molecule has 0 aliphatic heterocycles. The molecule has 8 heteroatoms. The molecule has 0 aromatic carbocycles. The third-order valence-electron chi connectivity index (χ3n) is 3.04. The maximum atomic E-state index is 11.9. The van der Waals surface area contributed by atoms with Crippen molar-refractivity contribution >= 4 is 5.96 Å². The number of ether oxygens (including phenoxy) is 1. The van der Waals surface area contributed by atoms with E-state index < -0.39 is 12.8 Å². The Morgan fingerprint density at radius 3 is 2.73 bits per heavy atom. The first-order valence-electron chi connectivity index (χ1n) is 7.00. The zero-order valence-corrected chi connectivity index (χ0v) is 13.2. The third kappa shape index (κ3) is 6.84. The van der Waals surface area contributed by atoms with E-state index >= 15 is 0 Å². The summed E-state index contributed by atoms with van der Waals surface area (Å²) in [4.78, 5) is 6.11. The maximum Gasteiger partial charge on any atom is 0.411 e. The highest BCUT2D eigenvalue weighted by Gasteiger charge is 2.27. The third-order valence-corrected chi connectivity index (χ3v) is 3.04. The van der Waals surface area contributed by atoms with Gasteiger partial charge in [-0.25, -0.2) is 0 Å². The summed E-state index contributed by atoms with van der Waals surface area (Å²) in [6, 6.07) is 3.99. The molecule has 0 spiro atoms. The molecule has 1 heterocycles. The molecule has 126 valence electrons. The van der Waals surface area contributed by atoms with Crippen LogP contribution in [0.5, 0.6) is 0 Å². The second kappa shape index (κ2) is 8.67. The second-order valence-electron chi connectivity index (χ2n) is 4.96. The van der Waals surface area contributed by atoms with Crippen LogP contribution in [0.15, 0.2) is 23.3 Å². The normalized spacial score (nSPS) is 12.5. The number of hydrogen-bond donors (Lipinski definition) is 1. The van der Waals surface area contributed by atoms with Crippen LogP contribution in [0, 0.1) is 0 Å². The van der Waals surface area contributed by atoms with Gasteiger partial charge in [-0.1, -0.05) is 0 Å². The van der Waals surface area contributed by atoms with E-state index in [2.05, 4.69) is 15.0 Å². The fourth-order valence-corrected chi connectivity index (χ4v) is 1.93. The summed E-state index contributed by atoms with van der Waals surface area (Å²) in [6.45, 7) is 0.0515. The van der Waals surface area contributed by atoms with Crippen molar-refractivity contribution in [2.24, 2.45) is 12.0 Å². The van der Waals surface area contributed by atoms with Crippen molar-refractivity contribution in [3.05, 3.63) is 24.0 Å². The van der Waals surface area contributed by atoms with Crippen molar-refractivity contribution in [1.29, 1.82) is 0 Å². The summed E-state index contributed by atoms with van der Waals surface area (Å²) in [5.74, 6) is 0.692. The molecule has 0 aliphatic rings. The topological polar surface area (TPSA) is 41.8 Å². The Hall–Kier alpha value is -1.70. The van der Waals surface area contributed by atoms with E-state index in [-0.39, 0.29) is 6.61 Å². The average Bonchev–Trinajstić information content (AvgIpc) is 2.82. The Labute approximate surface area is 128 Å². The molecule has 5 nitrogen and oxygen atoms in total. The van der Waals surface area contributed by atoms with E-state index in [0.29, 0.717) is 25.5 Å². The molecule has 0 bridgehead atoms. The second-order valence-corrected chi connectivity index (χ2v) is 4.96. The number of guanidine groups is 1. The van der Waals surface area contributed by atoms with Gasteiger partial charge in [0.25, 0.3) is 0 Å². The predicted molar refractivity (Wildman–Crippen MR) is 79.7 cm³/mol. The van der Waals surface area contributed by atoms with Crippen molar-refractivity contribution < 1.29 is 17.9 Å². The lowest BCUT2D eigenvalue weighted by atomic mass is 10.4. The van der Waals surface area contributed by atoms with E-state index in [4.69, 9.17) is 0 Å². The summed E-state index contributed by atoms with van der Waals surface area (Å²) >= 11 is 0. The molecule has 22 heavy (non-hydrogen) atoms. The zero-order valence-electron chi connectivity index (χ0n) is 13.2. The summed E-state index contributed by atoms with van der Waals surface area (Å²) in [7, 11) is 5.55. The fraction of sp³-hybridized carbons (Fsp3) is 0.643. The van der Waals surface area contributed by atoms with Crippen LogP contribution in [0.4, 0.5) is 13.2 Å². The molecule has 0 atom stereocenters. The molecule has 1 rings (SSSR count). The van der Waals surface area contributed by atoms with Gasteiger partial charge in [0.1, 0.15) is 6.61 Å². The minimum atomic E-state index is -4.27.